The Labute approximate surface area is 199 Å². The number of piperidine rings is 1. The van der Waals surface area contributed by atoms with Gasteiger partial charge in [-0.3, -0.25) is 4.90 Å². The molecule has 0 aliphatic carbocycles. The van der Waals surface area contributed by atoms with Crippen molar-refractivity contribution >= 4 is 10.9 Å². The van der Waals surface area contributed by atoms with Crippen LogP contribution in [-0.4, -0.2) is 35.5 Å². The van der Waals surface area contributed by atoms with Gasteiger partial charge in [0.1, 0.15) is 5.75 Å². The zero-order valence-electron chi connectivity index (χ0n) is 20.0. The van der Waals surface area contributed by atoms with Gasteiger partial charge < -0.3 is 15.0 Å². The quantitative estimate of drug-likeness (QED) is 0.415. The molecule has 0 spiro atoms. The molecule has 34 heavy (non-hydrogen) atoms. The van der Waals surface area contributed by atoms with Gasteiger partial charge in [0.05, 0.1) is 0 Å². The number of ether oxygens (including phenoxy) is 1. The highest BCUT2D eigenvalue weighted by Crippen LogP contribution is 2.36. The Kier molecular flexibility index (Phi) is 7.53. The predicted molar refractivity (Wildman–Crippen MR) is 131 cm³/mol. The lowest BCUT2D eigenvalue weighted by atomic mass is 9.96. The van der Waals surface area contributed by atoms with Gasteiger partial charge in [0.2, 0.25) is 0 Å². The molecule has 0 unspecified atom stereocenters. The topological polar surface area (TPSA) is 43.4 Å². The zero-order chi connectivity index (χ0) is 24.3. The van der Waals surface area contributed by atoms with Crippen molar-refractivity contribution in [2.24, 2.45) is 11.7 Å². The number of likely N-dealkylation sites (tertiary alicyclic amines) is 1. The maximum atomic E-state index is 12.7. The maximum absolute atomic E-state index is 12.7. The molecule has 0 atom stereocenters. The molecule has 184 valence electrons. The average Bonchev–Trinajstić information content (AvgIpc) is 3.15. The van der Waals surface area contributed by atoms with E-state index in [0.29, 0.717) is 13.0 Å². The second-order valence-electron chi connectivity index (χ2n) is 9.41. The van der Waals surface area contributed by atoms with E-state index in [1.807, 2.05) is 6.92 Å². The van der Waals surface area contributed by atoms with Crippen LogP contribution in [0.5, 0.6) is 5.75 Å². The molecule has 1 fully saturated rings. The maximum Gasteiger partial charge on any atom is 0.573 e. The smallest absolute Gasteiger partial charge is 0.406 e. The van der Waals surface area contributed by atoms with E-state index in [0.717, 1.165) is 66.1 Å². The van der Waals surface area contributed by atoms with E-state index in [9.17, 15) is 13.2 Å². The SMILES string of the molecule is CCc1cc(OC(F)(F)F)ccc1-c1cn(CCCN)c2ccc(CN3CCC(C)CC3)cc12. The van der Waals surface area contributed by atoms with E-state index in [4.69, 9.17) is 5.73 Å². The summed E-state index contributed by atoms with van der Waals surface area (Å²) >= 11 is 0. The lowest BCUT2D eigenvalue weighted by molar-refractivity contribution is -0.274. The number of nitrogens with zero attached hydrogens (tertiary/aromatic N) is 2. The Hall–Kier alpha value is -2.51. The number of halogens is 3. The number of alkyl halides is 3. The first-order valence-electron chi connectivity index (χ1n) is 12.2. The van der Waals surface area contributed by atoms with E-state index < -0.39 is 6.36 Å². The van der Waals surface area contributed by atoms with Gasteiger partial charge in [-0.2, -0.15) is 0 Å². The summed E-state index contributed by atoms with van der Waals surface area (Å²) in [6, 6.07) is 11.3. The number of aromatic nitrogens is 1. The molecule has 2 heterocycles. The molecular formula is C27H34F3N3O. The third-order valence-electron chi connectivity index (χ3n) is 6.81. The Balaban J connectivity index is 1.73. The Morgan fingerprint density at radius 2 is 1.82 bits per heavy atom. The molecule has 7 heteroatoms. The normalized spacial score (nSPS) is 15.8. The van der Waals surface area contributed by atoms with Gasteiger partial charge in [-0.25, -0.2) is 0 Å². The minimum absolute atomic E-state index is 0.181. The first kappa shape index (κ1) is 24.6. The Bertz CT molecular complexity index is 1110. The number of hydrogen-bond donors (Lipinski definition) is 1. The van der Waals surface area contributed by atoms with Crippen LogP contribution in [0.3, 0.4) is 0 Å². The average molecular weight is 474 g/mol. The summed E-state index contributed by atoms with van der Waals surface area (Å²) in [5, 5.41) is 1.12. The first-order valence-corrected chi connectivity index (χ1v) is 12.2. The minimum atomic E-state index is -4.70. The lowest BCUT2D eigenvalue weighted by Gasteiger charge is -2.30. The standard InChI is InChI=1S/C27H34F3N3O/c1-3-21-16-22(34-27(28,29)30)6-7-23(21)25-18-33(12-4-11-31)26-8-5-20(15-24(25)26)17-32-13-9-19(2)10-14-32/h5-8,15-16,18-19H,3-4,9-14,17,31H2,1-2H3. The third-order valence-corrected chi connectivity index (χ3v) is 6.81. The molecular weight excluding hydrogens is 439 g/mol. The number of benzene rings is 2. The summed E-state index contributed by atoms with van der Waals surface area (Å²) in [7, 11) is 0. The van der Waals surface area contributed by atoms with Gasteiger partial charge in [-0.15, -0.1) is 13.2 Å². The van der Waals surface area contributed by atoms with Crippen LogP contribution in [0.15, 0.2) is 42.6 Å². The highest BCUT2D eigenvalue weighted by atomic mass is 19.4. The highest BCUT2D eigenvalue weighted by molar-refractivity contribution is 5.97. The molecule has 1 aromatic heterocycles. The number of rotatable bonds is 8. The van der Waals surface area contributed by atoms with E-state index in [1.54, 1.807) is 6.07 Å². The molecule has 2 aromatic carbocycles. The van der Waals surface area contributed by atoms with Crippen molar-refractivity contribution in [1.82, 2.24) is 9.47 Å². The second-order valence-corrected chi connectivity index (χ2v) is 9.41. The molecule has 0 saturated carbocycles. The highest BCUT2D eigenvalue weighted by Gasteiger charge is 2.31. The number of nitrogens with two attached hydrogens (primary N) is 1. The molecule has 1 aliphatic rings. The fourth-order valence-corrected chi connectivity index (χ4v) is 4.90. The van der Waals surface area contributed by atoms with Crippen molar-refractivity contribution in [3.05, 3.63) is 53.7 Å². The summed E-state index contributed by atoms with van der Waals surface area (Å²) in [4.78, 5) is 2.51. The van der Waals surface area contributed by atoms with Crippen LogP contribution in [0.25, 0.3) is 22.0 Å². The largest absolute Gasteiger partial charge is 0.573 e. The van der Waals surface area contributed by atoms with E-state index in [1.165, 1.54) is 30.5 Å². The molecule has 0 bridgehead atoms. The molecule has 0 radical (unpaired) electrons. The van der Waals surface area contributed by atoms with E-state index >= 15 is 0 Å². The lowest BCUT2D eigenvalue weighted by Crippen LogP contribution is -2.32. The van der Waals surface area contributed by atoms with E-state index in [-0.39, 0.29) is 5.75 Å². The van der Waals surface area contributed by atoms with Gasteiger partial charge in [0.15, 0.2) is 0 Å². The van der Waals surface area contributed by atoms with Crippen LogP contribution in [0.1, 0.15) is 44.2 Å². The van der Waals surface area contributed by atoms with Crippen molar-refractivity contribution < 1.29 is 17.9 Å². The molecule has 4 rings (SSSR count). The molecule has 0 amide bonds. The molecule has 4 nitrogen and oxygen atoms in total. The van der Waals surface area contributed by atoms with E-state index in [2.05, 4.69) is 45.5 Å². The summed E-state index contributed by atoms with van der Waals surface area (Å²) in [5.41, 5.74) is 11.0. The molecule has 2 N–H and O–H groups in total. The summed E-state index contributed by atoms with van der Waals surface area (Å²) in [5.74, 6) is 0.610. The number of fused-ring (bicyclic) bond motifs is 1. The number of aryl methyl sites for hydroxylation is 2. The van der Waals surface area contributed by atoms with Crippen LogP contribution < -0.4 is 10.5 Å². The van der Waals surface area contributed by atoms with Crippen LogP contribution >= 0.6 is 0 Å². The van der Waals surface area contributed by atoms with Gasteiger partial charge in [-0.1, -0.05) is 26.0 Å². The Morgan fingerprint density at radius 3 is 2.50 bits per heavy atom. The van der Waals surface area contributed by atoms with Gasteiger partial charge in [0.25, 0.3) is 0 Å². The minimum Gasteiger partial charge on any atom is -0.406 e. The van der Waals surface area contributed by atoms with Crippen molar-refractivity contribution in [1.29, 1.82) is 0 Å². The predicted octanol–water partition coefficient (Wildman–Crippen LogP) is 6.35. The molecule has 1 saturated heterocycles. The monoisotopic (exact) mass is 473 g/mol. The van der Waals surface area contributed by atoms with Crippen LogP contribution in [0.2, 0.25) is 0 Å². The number of hydrogen-bond acceptors (Lipinski definition) is 3. The summed E-state index contributed by atoms with van der Waals surface area (Å²) < 4.78 is 44.6. The Morgan fingerprint density at radius 1 is 1.06 bits per heavy atom. The van der Waals surface area contributed by atoms with Crippen molar-refractivity contribution in [2.75, 3.05) is 19.6 Å². The molecule has 1 aliphatic heterocycles. The van der Waals surface area contributed by atoms with Gasteiger partial charge in [0, 0.05) is 35.8 Å². The van der Waals surface area contributed by atoms with Crippen LogP contribution in [0, 0.1) is 5.92 Å². The first-order chi connectivity index (χ1) is 16.3. The fraction of sp³-hybridized carbons (Fsp3) is 0.481. The fourth-order valence-electron chi connectivity index (χ4n) is 4.90. The summed E-state index contributed by atoms with van der Waals surface area (Å²) in [6.07, 6.45) is 1.34. The van der Waals surface area contributed by atoms with Gasteiger partial charge in [-0.05, 0) is 92.2 Å². The van der Waals surface area contributed by atoms with Crippen molar-refractivity contribution in [2.45, 2.75) is 59.0 Å². The van der Waals surface area contributed by atoms with Crippen molar-refractivity contribution in [3.8, 4) is 16.9 Å². The van der Waals surface area contributed by atoms with Crippen LogP contribution in [0.4, 0.5) is 13.2 Å². The van der Waals surface area contributed by atoms with Crippen molar-refractivity contribution in [3.63, 3.8) is 0 Å². The zero-order valence-corrected chi connectivity index (χ0v) is 20.0. The second kappa shape index (κ2) is 10.4. The molecule has 3 aromatic rings. The van der Waals surface area contributed by atoms with Crippen LogP contribution in [-0.2, 0) is 19.5 Å². The summed E-state index contributed by atoms with van der Waals surface area (Å²) in [6.45, 7) is 8.81. The third kappa shape index (κ3) is 5.76. The van der Waals surface area contributed by atoms with Gasteiger partial charge >= 0.3 is 6.36 Å².